The fraction of sp³-hybridized carbons (Fsp3) is 0.455. The van der Waals surface area contributed by atoms with Crippen LogP contribution in [0.4, 0.5) is 0 Å². The fourth-order valence-electron chi connectivity index (χ4n) is 2.08. The number of rotatable bonds is 5. The van der Waals surface area contributed by atoms with Gasteiger partial charge in [0.1, 0.15) is 0 Å². The molecule has 0 spiro atoms. The molecule has 0 aromatic carbocycles. The molecule has 0 fully saturated rings. The first-order valence-electron chi connectivity index (χ1n) is 5.93. The second-order valence-corrected chi connectivity index (χ2v) is 7.95. The number of tetrazole rings is 1. The van der Waals surface area contributed by atoms with Gasteiger partial charge >= 0.3 is 5.97 Å². The van der Waals surface area contributed by atoms with E-state index in [1.54, 1.807) is 0 Å². The second-order valence-electron chi connectivity index (χ2n) is 4.20. The lowest BCUT2D eigenvalue weighted by Crippen LogP contribution is -2.42. The van der Waals surface area contributed by atoms with Crippen LogP contribution in [0.3, 0.4) is 0 Å². The minimum absolute atomic E-state index is 0.403. The van der Waals surface area contributed by atoms with Gasteiger partial charge in [-0.3, -0.25) is 0 Å². The van der Waals surface area contributed by atoms with Crippen molar-refractivity contribution in [1.82, 2.24) is 20.2 Å². The average molecular weight is 424 g/mol. The summed E-state index contributed by atoms with van der Waals surface area (Å²) in [7, 11) is 0. The monoisotopic (exact) mass is 422 g/mol. The molecule has 20 heavy (non-hydrogen) atoms. The first kappa shape index (κ1) is 15.6. The van der Waals surface area contributed by atoms with Crippen LogP contribution in [0, 0.1) is 0 Å². The molecule has 108 valence electrons. The molecular formula is C11H12Br2N4O2S. The number of hydrogen-bond acceptors (Lipinski definition) is 5. The zero-order valence-electron chi connectivity index (χ0n) is 10.8. The van der Waals surface area contributed by atoms with Crippen molar-refractivity contribution in [3.05, 3.63) is 13.6 Å². The van der Waals surface area contributed by atoms with Gasteiger partial charge in [-0.2, -0.15) is 0 Å². The molecule has 0 saturated carbocycles. The highest BCUT2D eigenvalue weighted by Crippen LogP contribution is 2.39. The van der Waals surface area contributed by atoms with E-state index >= 15 is 0 Å². The van der Waals surface area contributed by atoms with Gasteiger partial charge in [0.05, 0.1) is 7.57 Å². The van der Waals surface area contributed by atoms with Gasteiger partial charge in [-0.05, 0) is 61.2 Å². The minimum Gasteiger partial charge on any atom is -0.479 e. The number of halogens is 2. The van der Waals surface area contributed by atoms with Crippen molar-refractivity contribution in [3.8, 4) is 11.4 Å². The van der Waals surface area contributed by atoms with E-state index in [4.69, 9.17) is 0 Å². The molecule has 2 aromatic heterocycles. The van der Waals surface area contributed by atoms with Gasteiger partial charge in [-0.25, -0.2) is 9.48 Å². The van der Waals surface area contributed by atoms with Gasteiger partial charge < -0.3 is 5.11 Å². The van der Waals surface area contributed by atoms with Crippen LogP contribution in [0.1, 0.15) is 26.7 Å². The van der Waals surface area contributed by atoms with Crippen LogP contribution >= 0.6 is 43.2 Å². The van der Waals surface area contributed by atoms with Crippen LogP contribution in [-0.2, 0) is 10.3 Å². The summed E-state index contributed by atoms with van der Waals surface area (Å²) in [6, 6.07) is 1.87. The van der Waals surface area contributed by atoms with Crippen LogP contribution < -0.4 is 0 Å². The molecule has 0 amide bonds. The average Bonchev–Trinajstić information content (AvgIpc) is 2.98. The number of carbonyl (C=O) groups is 1. The Balaban J connectivity index is 2.63. The van der Waals surface area contributed by atoms with Crippen LogP contribution in [0.25, 0.3) is 11.4 Å². The molecule has 0 aliphatic heterocycles. The van der Waals surface area contributed by atoms with Crippen LogP contribution in [0.2, 0.25) is 0 Å². The van der Waals surface area contributed by atoms with E-state index in [1.807, 2.05) is 19.9 Å². The van der Waals surface area contributed by atoms with Gasteiger partial charge in [0.15, 0.2) is 11.4 Å². The third-order valence-corrected chi connectivity index (χ3v) is 5.68. The van der Waals surface area contributed by atoms with Crippen molar-refractivity contribution in [2.75, 3.05) is 0 Å². The Labute approximate surface area is 136 Å². The number of carboxylic acid groups (broad SMARTS) is 1. The molecule has 0 aliphatic carbocycles. The van der Waals surface area contributed by atoms with E-state index in [-0.39, 0.29) is 0 Å². The Morgan fingerprint density at radius 3 is 2.55 bits per heavy atom. The Morgan fingerprint density at radius 2 is 2.10 bits per heavy atom. The third kappa shape index (κ3) is 2.42. The third-order valence-electron chi connectivity index (χ3n) is 3.34. The summed E-state index contributed by atoms with van der Waals surface area (Å²) < 4.78 is 3.18. The number of nitrogens with zero attached hydrogens (tertiary/aromatic N) is 4. The van der Waals surface area contributed by atoms with E-state index in [0.717, 1.165) is 13.1 Å². The number of aromatic nitrogens is 4. The van der Waals surface area contributed by atoms with Gasteiger partial charge in [0.2, 0.25) is 0 Å². The lowest BCUT2D eigenvalue weighted by molar-refractivity contribution is -0.148. The van der Waals surface area contributed by atoms with Gasteiger partial charge in [0.25, 0.3) is 0 Å². The molecule has 9 heteroatoms. The summed E-state index contributed by atoms with van der Waals surface area (Å²) in [5, 5.41) is 21.2. The molecule has 0 radical (unpaired) electrons. The van der Waals surface area contributed by atoms with Crippen molar-refractivity contribution in [1.29, 1.82) is 0 Å². The number of aliphatic carboxylic acids is 1. The molecule has 0 bridgehead atoms. The second kappa shape index (κ2) is 5.90. The van der Waals surface area contributed by atoms with Crippen LogP contribution in [0.5, 0.6) is 0 Å². The fourth-order valence-corrected chi connectivity index (χ4v) is 4.87. The summed E-state index contributed by atoms with van der Waals surface area (Å²) >= 11 is 8.34. The summed E-state index contributed by atoms with van der Waals surface area (Å²) in [6.07, 6.45) is 0.805. The molecule has 2 rings (SSSR count). The maximum atomic E-state index is 11.7. The lowest BCUT2D eigenvalue weighted by atomic mass is 9.93. The summed E-state index contributed by atoms with van der Waals surface area (Å²) in [4.78, 5) is 11.7. The van der Waals surface area contributed by atoms with Gasteiger partial charge in [0, 0.05) is 5.56 Å². The molecular weight excluding hydrogens is 412 g/mol. The van der Waals surface area contributed by atoms with E-state index in [1.165, 1.54) is 16.0 Å². The summed E-state index contributed by atoms with van der Waals surface area (Å²) in [5.41, 5.74) is -0.355. The van der Waals surface area contributed by atoms with Gasteiger partial charge in [-0.1, -0.05) is 13.8 Å². The van der Waals surface area contributed by atoms with E-state index in [0.29, 0.717) is 18.7 Å². The predicted molar refractivity (Wildman–Crippen MR) is 82.7 cm³/mol. The highest BCUT2D eigenvalue weighted by atomic mass is 79.9. The van der Waals surface area contributed by atoms with Crippen molar-refractivity contribution < 1.29 is 9.90 Å². The first-order valence-corrected chi connectivity index (χ1v) is 8.34. The number of hydrogen-bond donors (Lipinski definition) is 1. The molecule has 0 unspecified atom stereocenters. The quantitative estimate of drug-likeness (QED) is 0.795. The molecule has 2 aromatic rings. The molecule has 0 aliphatic rings. The Kier molecular flexibility index (Phi) is 4.60. The van der Waals surface area contributed by atoms with Crippen LogP contribution in [-0.4, -0.2) is 31.3 Å². The summed E-state index contributed by atoms with van der Waals surface area (Å²) in [5.74, 6) is -0.480. The topological polar surface area (TPSA) is 80.9 Å². The van der Waals surface area contributed by atoms with Crippen LogP contribution in [0.15, 0.2) is 13.6 Å². The van der Waals surface area contributed by atoms with E-state index in [9.17, 15) is 9.90 Å². The molecule has 0 atom stereocenters. The Morgan fingerprint density at radius 1 is 1.45 bits per heavy atom. The normalized spacial score (nSPS) is 11.8. The Bertz CT molecular complexity index is 636. The standard InChI is InChI=1S/C11H12Br2N4O2S/c1-3-11(4-2,10(18)19)17-9(14-15-16-17)6-5-7(12)20-8(6)13/h5H,3-4H2,1-2H3,(H,18,19). The maximum Gasteiger partial charge on any atom is 0.331 e. The largest absolute Gasteiger partial charge is 0.479 e. The SMILES string of the molecule is CCC(CC)(C(=O)O)n1nnnc1-c1cc(Br)sc1Br. The van der Waals surface area contributed by atoms with Gasteiger partial charge in [-0.15, -0.1) is 16.4 Å². The van der Waals surface area contributed by atoms with Crippen molar-refractivity contribution in [3.63, 3.8) is 0 Å². The zero-order valence-corrected chi connectivity index (χ0v) is 14.8. The zero-order chi connectivity index (χ0) is 14.9. The minimum atomic E-state index is -1.13. The van der Waals surface area contributed by atoms with E-state index < -0.39 is 11.5 Å². The first-order chi connectivity index (χ1) is 9.46. The van der Waals surface area contributed by atoms with Crippen molar-refractivity contribution in [2.45, 2.75) is 32.2 Å². The number of thiophene rings is 1. The highest BCUT2D eigenvalue weighted by Gasteiger charge is 2.41. The van der Waals surface area contributed by atoms with Crippen molar-refractivity contribution in [2.24, 2.45) is 0 Å². The maximum absolute atomic E-state index is 11.7. The smallest absolute Gasteiger partial charge is 0.331 e. The van der Waals surface area contributed by atoms with E-state index in [2.05, 4.69) is 47.4 Å². The predicted octanol–water partition coefficient (Wildman–Crippen LogP) is 3.53. The highest BCUT2D eigenvalue weighted by molar-refractivity contribution is 9.12. The molecule has 6 nitrogen and oxygen atoms in total. The Hall–Kier alpha value is -0.800. The molecule has 1 N–H and O–H groups in total. The van der Waals surface area contributed by atoms with Crippen molar-refractivity contribution >= 4 is 49.2 Å². The summed E-state index contributed by atoms with van der Waals surface area (Å²) in [6.45, 7) is 3.64. The lowest BCUT2D eigenvalue weighted by Gasteiger charge is -2.27. The molecule has 2 heterocycles. The molecule has 0 saturated heterocycles. The number of carboxylic acids is 1.